The van der Waals surface area contributed by atoms with Crippen LogP contribution in [-0.2, 0) is 4.79 Å². The maximum absolute atomic E-state index is 12.3. The number of hydrogen-bond donors (Lipinski definition) is 2. The van der Waals surface area contributed by atoms with Gasteiger partial charge in [0, 0.05) is 11.9 Å². The van der Waals surface area contributed by atoms with Crippen molar-refractivity contribution in [1.82, 2.24) is 10.3 Å². The number of nitrogens with one attached hydrogen (secondary N) is 2. The van der Waals surface area contributed by atoms with Gasteiger partial charge in [0.2, 0.25) is 5.91 Å². The largest absolute Gasteiger partial charge is 0.325 e. The van der Waals surface area contributed by atoms with Crippen molar-refractivity contribution < 1.29 is 4.79 Å². The van der Waals surface area contributed by atoms with Gasteiger partial charge >= 0.3 is 0 Å². The van der Waals surface area contributed by atoms with Crippen molar-refractivity contribution >= 4 is 11.6 Å². The second-order valence-electron chi connectivity index (χ2n) is 5.90. The lowest BCUT2D eigenvalue weighted by Gasteiger charge is -2.18. The number of amides is 1. The number of hydrogen-bond acceptors (Lipinski definition) is 3. The second-order valence-corrected chi connectivity index (χ2v) is 5.90. The molecule has 1 unspecified atom stereocenters. The molecule has 0 radical (unpaired) electrons. The molecule has 3 aromatic rings. The summed E-state index contributed by atoms with van der Waals surface area (Å²) in [6, 6.07) is 23.4. The van der Waals surface area contributed by atoms with Gasteiger partial charge in [-0.15, -0.1) is 0 Å². The van der Waals surface area contributed by atoms with E-state index in [1.165, 1.54) is 0 Å². The normalized spacial score (nSPS) is 11.7. The molecule has 0 bridgehead atoms. The molecule has 0 saturated heterocycles. The Morgan fingerprint density at radius 2 is 1.80 bits per heavy atom. The zero-order valence-electron chi connectivity index (χ0n) is 14.1. The molecular formula is C21H21N3O. The van der Waals surface area contributed by atoms with E-state index in [1.54, 1.807) is 6.20 Å². The average molecular weight is 331 g/mol. The van der Waals surface area contributed by atoms with Crippen LogP contribution in [0.25, 0.3) is 0 Å². The first-order chi connectivity index (χ1) is 12.2. The number of benzene rings is 2. The van der Waals surface area contributed by atoms with Gasteiger partial charge in [0.25, 0.3) is 0 Å². The highest BCUT2D eigenvalue weighted by Gasteiger charge is 2.16. The summed E-state index contributed by atoms with van der Waals surface area (Å²) in [6.07, 6.45) is 1.76. The summed E-state index contributed by atoms with van der Waals surface area (Å²) < 4.78 is 0. The lowest BCUT2D eigenvalue weighted by atomic mass is 10.0. The molecule has 0 fully saturated rings. The third-order valence-corrected chi connectivity index (χ3v) is 3.89. The Hall–Kier alpha value is -2.98. The molecule has 2 N–H and O–H groups in total. The van der Waals surface area contributed by atoms with Crippen LogP contribution >= 0.6 is 0 Å². The molecule has 25 heavy (non-hydrogen) atoms. The third-order valence-electron chi connectivity index (χ3n) is 3.89. The zero-order chi connectivity index (χ0) is 17.5. The first-order valence-corrected chi connectivity index (χ1v) is 8.28. The fraction of sp³-hybridized carbons (Fsp3) is 0.143. The maximum atomic E-state index is 12.3. The van der Waals surface area contributed by atoms with Crippen molar-refractivity contribution in [2.75, 3.05) is 11.9 Å². The number of nitrogens with zero attached hydrogens (tertiary/aromatic N) is 1. The molecule has 0 aliphatic rings. The predicted molar refractivity (Wildman–Crippen MR) is 100 cm³/mol. The Morgan fingerprint density at radius 3 is 2.52 bits per heavy atom. The number of anilines is 1. The molecule has 0 saturated carbocycles. The van der Waals surface area contributed by atoms with E-state index in [1.807, 2.05) is 79.7 Å². The summed E-state index contributed by atoms with van der Waals surface area (Å²) in [7, 11) is 0. The standard InChI is InChI=1S/C21H21N3O/c1-16-8-7-11-18(14-16)24-20(25)15-23-21(17-9-3-2-4-10-17)19-12-5-6-13-22-19/h2-14,21,23H,15H2,1H3,(H,24,25). The molecule has 0 spiro atoms. The van der Waals surface area contributed by atoms with Gasteiger partial charge in [-0.2, -0.15) is 0 Å². The molecule has 1 atom stereocenters. The van der Waals surface area contributed by atoms with Crippen molar-refractivity contribution in [3.05, 3.63) is 95.8 Å². The van der Waals surface area contributed by atoms with Crippen LogP contribution in [0.3, 0.4) is 0 Å². The van der Waals surface area contributed by atoms with Gasteiger partial charge in [-0.25, -0.2) is 0 Å². The SMILES string of the molecule is Cc1cccc(NC(=O)CNC(c2ccccc2)c2ccccn2)c1. The molecule has 126 valence electrons. The Kier molecular flexibility index (Phi) is 5.54. The Morgan fingerprint density at radius 1 is 1.00 bits per heavy atom. The minimum absolute atomic E-state index is 0.0811. The third kappa shape index (κ3) is 4.75. The summed E-state index contributed by atoms with van der Waals surface area (Å²) in [5, 5.41) is 6.23. The maximum Gasteiger partial charge on any atom is 0.238 e. The summed E-state index contributed by atoms with van der Waals surface area (Å²) in [4.78, 5) is 16.7. The van der Waals surface area contributed by atoms with Crippen LogP contribution in [0, 0.1) is 6.92 Å². The minimum atomic E-state index is -0.134. The summed E-state index contributed by atoms with van der Waals surface area (Å²) in [5.41, 5.74) is 3.88. The molecule has 3 rings (SSSR count). The van der Waals surface area contributed by atoms with Crippen molar-refractivity contribution in [3.8, 4) is 0 Å². The molecule has 1 aromatic heterocycles. The van der Waals surface area contributed by atoms with Crippen LogP contribution in [-0.4, -0.2) is 17.4 Å². The van der Waals surface area contributed by atoms with E-state index in [2.05, 4.69) is 15.6 Å². The Bertz CT molecular complexity index is 779. The van der Waals surface area contributed by atoms with Crippen LogP contribution in [0.4, 0.5) is 5.69 Å². The molecule has 1 heterocycles. The van der Waals surface area contributed by atoms with E-state index >= 15 is 0 Å². The van der Waals surface area contributed by atoms with Crippen LogP contribution in [0.1, 0.15) is 22.9 Å². The topological polar surface area (TPSA) is 54.0 Å². The van der Waals surface area contributed by atoms with E-state index in [0.29, 0.717) is 0 Å². The first-order valence-electron chi connectivity index (χ1n) is 8.28. The van der Waals surface area contributed by atoms with E-state index in [0.717, 1.165) is 22.5 Å². The van der Waals surface area contributed by atoms with Gasteiger partial charge in [0.1, 0.15) is 0 Å². The number of aryl methyl sites for hydroxylation is 1. The molecule has 0 aliphatic heterocycles. The van der Waals surface area contributed by atoms with Gasteiger partial charge in [-0.05, 0) is 42.3 Å². The number of aromatic nitrogens is 1. The summed E-state index contributed by atoms with van der Waals surface area (Å²) in [5.74, 6) is -0.0811. The number of carbonyl (C=O) groups is 1. The van der Waals surface area contributed by atoms with Crippen molar-refractivity contribution in [3.63, 3.8) is 0 Å². The van der Waals surface area contributed by atoms with E-state index in [9.17, 15) is 4.79 Å². The van der Waals surface area contributed by atoms with Gasteiger partial charge in [0.05, 0.1) is 18.3 Å². The number of pyridine rings is 1. The number of rotatable bonds is 6. The smallest absolute Gasteiger partial charge is 0.238 e. The van der Waals surface area contributed by atoms with Crippen molar-refractivity contribution in [1.29, 1.82) is 0 Å². The molecule has 1 amide bonds. The van der Waals surface area contributed by atoms with E-state index in [-0.39, 0.29) is 18.5 Å². The van der Waals surface area contributed by atoms with Crippen LogP contribution < -0.4 is 10.6 Å². The zero-order valence-corrected chi connectivity index (χ0v) is 14.1. The van der Waals surface area contributed by atoms with Crippen molar-refractivity contribution in [2.24, 2.45) is 0 Å². The highest BCUT2D eigenvalue weighted by atomic mass is 16.1. The minimum Gasteiger partial charge on any atom is -0.325 e. The number of carbonyl (C=O) groups excluding carboxylic acids is 1. The quantitative estimate of drug-likeness (QED) is 0.724. The van der Waals surface area contributed by atoms with Gasteiger partial charge in [-0.3, -0.25) is 15.1 Å². The first kappa shape index (κ1) is 16.9. The summed E-state index contributed by atoms with van der Waals surface area (Å²) >= 11 is 0. The second kappa shape index (κ2) is 8.22. The van der Waals surface area contributed by atoms with E-state index < -0.39 is 0 Å². The molecule has 4 nitrogen and oxygen atoms in total. The molecule has 4 heteroatoms. The monoisotopic (exact) mass is 331 g/mol. The molecule has 2 aromatic carbocycles. The lowest BCUT2D eigenvalue weighted by molar-refractivity contribution is -0.115. The Balaban J connectivity index is 1.70. The lowest BCUT2D eigenvalue weighted by Crippen LogP contribution is -2.32. The fourth-order valence-electron chi connectivity index (χ4n) is 2.71. The highest BCUT2D eigenvalue weighted by molar-refractivity contribution is 5.92. The average Bonchev–Trinajstić information content (AvgIpc) is 2.64. The van der Waals surface area contributed by atoms with Gasteiger partial charge in [0.15, 0.2) is 0 Å². The highest BCUT2D eigenvalue weighted by Crippen LogP contribution is 2.19. The van der Waals surface area contributed by atoms with Gasteiger partial charge in [-0.1, -0.05) is 48.5 Å². The van der Waals surface area contributed by atoms with Gasteiger partial charge < -0.3 is 5.32 Å². The predicted octanol–water partition coefficient (Wildman–Crippen LogP) is 3.71. The Labute approximate surface area is 147 Å². The van der Waals surface area contributed by atoms with Crippen LogP contribution in [0.2, 0.25) is 0 Å². The molecule has 0 aliphatic carbocycles. The van der Waals surface area contributed by atoms with Crippen LogP contribution in [0.15, 0.2) is 79.0 Å². The molecular weight excluding hydrogens is 310 g/mol. The fourth-order valence-corrected chi connectivity index (χ4v) is 2.71. The summed E-state index contributed by atoms with van der Waals surface area (Å²) in [6.45, 7) is 2.20. The van der Waals surface area contributed by atoms with Crippen LogP contribution in [0.5, 0.6) is 0 Å². The van der Waals surface area contributed by atoms with Crippen molar-refractivity contribution in [2.45, 2.75) is 13.0 Å². The van der Waals surface area contributed by atoms with E-state index in [4.69, 9.17) is 0 Å².